The maximum absolute atomic E-state index is 13.1. The van der Waals surface area contributed by atoms with E-state index in [0.717, 1.165) is 12.3 Å². The van der Waals surface area contributed by atoms with Crippen molar-refractivity contribution in [2.45, 2.75) is 30.0 Å². The number of anilines is 1. The van der Waals surface area contributed by atoms with E-state index in [1.807, 2.05) is 4.90 Å². The van der Waals surface area contributed by atoms with Crippen molar-refractivity contribution in [2.24, 2.45) is 0 Å². The van der Waals surface area contributed by atoms with Gasteiger partial charge in [0, 0.05) is 38.4 Å². The number of benzene rings is 1. The number of hydrogen-bond donors (Lipinski definition) is 1. The van der Waals surface area contributed by atoms with Crippen molar-refractivity contribution in [1.82, 2.24) is 14.6 Å². The van der Waals surface area contributed by atoms with E-state index in [4.69, 9.17) is 4.74 Å². The Bertz CT molecular complexity index is 1110. The van der Waals surface area contributed by atoms with Crippen LogP contribution in [0.5, 0.6) is 0 Å². The van der Waals surface area contributed by atoms with Gasteiger partial charge in [0.25, 0.3) is 5.91 Å². The first-order valence-electron chi connectivity index (χ1n) is 10.9. The van der Waals surface area contributed by atoms with Gasteiger partial charge in [0.1, 0.15) is 5.82 Å². The molecular weight excluding hydrogens is 473 g/mol. The lowest BCUT2D eigenvalue weighted by molar-refractivity contribution is -0.137. The fraction of sp³-hybridized carbons (Fsp3) is 0.455. The normalized spacial score (nSPS) is 18.6. The molecule has 184 valence electrons. The number of nitrogens with one attached hydrogen (secondary N) is 1. The predicted octanol–water partition coefficient (Wildman–Crippen LogP) is 2.52. The van der Waals surface area contributed by atoms with E-state index in [9.17, 15) is 26.4 Å². The molecule has 2 aliphatic heterocycles. The van der Waals surface area contributed by atoms with Crippen molar-refractivity contribution < 1.29 is 31.1 Å². The molecule has 1 amide bonds. The molecule has 0 radical (unpaired) electrons. The Kier molecular flexibility index (Phi) is 7.10. The first-order chi connectivity index (χ1) is 16.2. The molecule has 8 nitrogen and oxygen atoms in total. The highest BCUT2D eigenvalue weighted by Crippen LogP contribution is 2.30. The maximum atomic E-state index is 13.1. The Balaban J connectivity index is 1.39. The zero-order valence-electron chi connectivity index (χ0n) is 18.3. The highest BCUT2D eigenvalue weighted by Gasteiger charge is 2.32. The number of aromatic nitrogens is 1. The van der Waals surface area contributed by atoms with Gasteiger partial charge in [-0.2, -0.15) is 17.5 Å². The van der Waals surface area contributed by atoms with E-state index in [2.05, 4.69) is 10.3 Å². The van der Waals surface area contributed by atoms with Crippen molar-refractivity contribution in [1.29, 1.82) is 0 Å². The van der Waals surface area contributed by atoms with Crippen LogP contribution < -0.4 is 10.2 Å². The smallest absolute Gasteiger partial charge is 0.379 e. The summed E-state index contributed by atoms with van der Waals surface area (Å²) in [6.07, 6.45) is -2.52. The summed E-state index contributed by atoms with van der Waals surface area (Å²) in [7, 11) is -3.84. The second kappa shape index (κ2) is 9.88. The van der Waals surface area contributed by atoms with E-state index >= 15 is 0 Å². The van der Waals surface area contributed by atoms with E-state index in [1.54, 1.807) is 12.1 Å². The largest absolute Gasteiger partial charge is 0.417 e. The monoisotopic (exact) mass is 498 g/mol. The second-order valence-electron chi connectivity index (χ2n) is 8.15. The van der Waals surface area contributed by atoms with Crippen LogP contribution in [0.25, 0.3) is 0 Å². The van der Waals surface area contributed by atoms with E-state index in [0.29, 0.717) is 45.0 Å². The number of hydrogen-bond acceptors (Lipinski definition) is 6. The van der Waals surface area contributed by atoms with Crippen LogP contribution in [0.3, 0.4) is 0 Å². The highest BCUT2D eigenvalue weighted by molar-refractivity contribution is 7.89. The minimum absolute atomic E-state index is 0.0409. The van der Waals surface area contributed by atoms with Gasteiger partial charge < -0.3 is 15.0 Å². The fourth-order valence-electron chi connectivity index (χ4n) is 4.06. The van der Waals surface area contributed by atoms with E-state index < -0.39 is 27.7 Å². The standard InChI is InChI=1S/C22H25F3N4O4S/c23-22(24,25)16-5-6-20(26-15-16)28-9-7-17(8-10-28)27-21(30)18-3-1-2-4-19(18)34(31,32)29-11-13-33-14-12-29/h1-6,15,17H,7-14H2,(H,27,30). The molecule has 0 atom stereocenters. The summed E-state index contributed by atoms with van der Waals surface area (Å²) in [5, 5.41) is 2.91. The van der Waals surface area contributed by atoms with Gasteiger partial charge in [0.05, 0.1) is 29.2 Å². The Morgan fingerprint density at radius 2 is 1.71 bits per heavy atom. The number of pyridine rings is 1. The molecule has 2 aromatic rings. The number of nitrogens with zero attached hydrogens (tertiary/aromatic N) is 3. The van der Waals surface area contributed by atoms with Crippen molar-refractivity contribution in [3.63, 3.8) is 0 Å². The van der Waals surface area contributed by atoms with Gasteiger partial charge >= 0.3 is 6.18 Å². The molecule has 1 aromatic heterocycles. The Morgan fingerprint density at radius 3 is 2.32 bits per heavy atom. The number of halogens is 3. The number of sulfonamides is 1. The average Bonchev–Trinajstić information content (AvgIpc) is 2.84. The Labute approximate surface area is 195 Å². The lowest BCUT2D eigenvalue weighted by Crippen LogP contribution is -2.45. The summed E-state index contributed by atoms with van der Waals surface area (Å²) in [5.74, 6) is -0.0294. The minimum Gasteiger partial charge on any atom is -0.379 e. The number of morpholine rings is 1. The molecular formula is C22H25F3N4O4S. The van der Waals surface area contributed by atoms with Gasteiger partial charge in [-0.15, -0.1) is 0 Å². The third-order valence-electron chi connectivity index (χ3n) is 5.95. The molecule has 0 unspecified atom stereocenters. The van der Waals surface area contributed by atoms with Crippen LogP contribution in [0.1, 0.15) is 28.8 Å². The Hall–Kier alpha value is -2.70. The number of piperidine rings is 1. The Morgan fingerprint density at radius 1 is 1.03 bits per heavy atom. The molecule has 12 heteroatoms. The molecule has 2 saturated heterocycles. The molecule has 1 aromatic carbocycles. The third-order valence-corrected chi connectivity index (χ3v) is 7.91. The molecule has 0 saturated carbocycles. The summed E-state index contributed by atoms with van der Waals surface area (Å²) in [6.45, 7) is 2.07. The minimum atomic E-state index is -4.44. The van der Waals surface area contributed by atoms with E-state index in [1.165, 1.54) is 22.5 Å². The lowest BCUT2D eigenvalue weighted by Gasteiger charge is -2.33. The number of carbonyl (C=O) groups excluding carboxylic acids is 1. The lowest BCUT2D eigenvalue weighted by atomic mass is 10.0. The first-order valence-corrected chi connectivity index (χ1v) is 12.4. The summed E-state index contributed by atoms with van der Waals surface area (Å²) in [4.78, 5) is 18.7. The van der Waals surface area contributed by atoms with Crippen LogP contribution in [0.15, 0.2) is 47.5 Å². The van der Waals surface area contributed by atoms with Crippen LogP contribution >= 0.6 is 0 Å². The molecule has 0 aliphatic carbocycles. The average molecular weight is 499 g/mol. The fourth-order valence-corrected chi connectivity index (χ4v) is 5.66. The van der Waals surface area contributed by atoms with Crippen molar-refractivity contribution in [2.75, 3.05) is 44.3 Å². The first kappa shape index (κ1) is 24.4. The van der Waals surface area contributed by atoms with Gasteiger partial charge in [-0.25, -0.2) is 13.4 Å². The third kappa shape index (κ3) is 5.34. The van der Waals surface area contributed by atoms with Crippen LogP contribution in [0.2, 0.25) is 0 Å². The zero-order chi connectivity index (χ0) is 24.3. The molecule has 3 heterocycles. The van der Waals surface area contributed by atoms with Crippen LogP contribution in [-0.4, -0.2) is 69.0 Å². The molecule has 2 fully saturated rings. The summed E-state index contributed by atoms with van der Waals surface area (Å²) in [5.41, 5.74) is -0.718. The molecule has 1 N–H and O–H groups in total. The number of ether oxygens (including phenoxy) is 1. The topological polar surface area (TPSA) is 91.8 Å². The second-order valence-corrected chi connectivity index (χ2v) is 10.1. The van der Waals surface area contributed by atoms with Crippen LogP contribution in [0, 0.1) is 0 Å². The number of alkyl halides is 3. The van der Waals surface area contributed by atoms with Gasteiger partial charge in [-0.3, -0.25) is 4.79 Å². The number of rotatable bonds is 5. The van der Waals surface area contributed by atoms with Gasteiger partial charge in [0.2, 0.25) is 10.0 Å². The van der Waals surface area contributed by atoms with Crippen LogP contribution in [-0.2, 0) is 20.9 Å². The molecule has 2 aliphatic rings. The van der Waals surface area contributed by atoms with Crippen LogP contribution in [0.4, 0.5) is 19.0 Å². The SMILES string of the molecule is O=C(NC1CCN(c2ccc(C(F)(F)F)cn2)CC1)c1ccccc1S(=O)(=O)N1CCOCC1. The summed E-state index contributed by atoms with van der Waals surface area (Å²) < 4.78 is 71.0. The van der Waals surface area contributed by atoms with E-state index in [-0.39, 0.29) is 29.6 Å². The highest BCUT2D eigenvalue weighted by atomic mass is 32.2. The van der Waals surface area contributed by atoms with Crippen molar-refractivity contribution >= 4 is 21.7 Å². The van der Waals surface area contributed by atoms with Gasteiger partial charge in [0.15, 0.2) is 0 Å². The number of carbonyl (C=O) groups is 1. The van der Waals surface area contributed by atoms with Crippen molar-refractivity contribution in [3.8, 4) is 0 Å². The quantitative estimate of drug-likeness (QED) is 0.681. The molecule has 0 bridgehead atoms. The van der Waals surface area contributed by atoms with Crippen molar-refractivity contribution in [3.05, 3.63) is 53.7 Å². The predicted molar refractivity (Wildman–Crippen MR) is 118 cm³/mol. The molecule has 34 heavy (non-hydrogen) atoms. The summed E-state index contributed by atoms with van der Waals surface area (Å²) in [6, 6.07) is 8.27. The summed E-state index contributed by atoms with van der Waals surface area (Å²) >= 11 is 0. The molecule has 4 rings (SSSR count). The van der Waals surface area contributed by atoms with Gasteiger partial charge in [-0.1, -0.05) is 12.1 Å². The zero-order valence-corrected chi connectivity index (χ0v) is 19.1. The maximum Gasteiger partial charge on any atom is 0.417 e. The van der Waals surface area contributed by atoms with Gasteiger partial charge in [-0.05, 0) is 37.1 Å². The molecule has 0 spiro atoms. The number of amides is 1.